The Hall–Kier alpha value is -4.00. The van der Waals surface area contributed by atoms with E-state index in [1.807, 2.05) is 47.1 Å². The van der Waals surface area contributed by atoms with Crippen LogP contribution in [0.1, 0.15) is 73.5 Å². The van der Waals surface area contributed by atoms with E-state index in [4.69, 9.17) is 19.6 Å². The van der Waals surface area contributed by atoms with Crippen molar-refractivity contribution in [3.8, 4) is 34.5 Å². The zero-order valence-electron chi connectivity index (χ0n) is 25.6. The van der Waals surface area contributed by atoms with E-state index < -0.39 is 17.1 Å². The van der Waals surface area contributed by atoms with Gasteiger partial charge in [-0.15, -0.1) is 5.92 Å². The number of ether oxygens (including phenoxy) is 2. The largest absolute Gasteiger partial charge is 0.617 e. The third kappa shape index (κ3) is 8.31. The van der Waals surface area contributed by atoms with Crippen molar-refractivity contribution in [2.75, 3.05) is 18.6 Å². The fraction of sp³-hybridized carbons (Fsp3) is 0.382. The molecule has 0 spiro atoms. The molecule has 4 aromatic rings. The van der Waals surface area contributed by atoms with Gasteiger partial charge in [0.25, 0.3) is 0 Å². The molecule has 0 radical (unpaired) electrons. The lowest BCUT2D eigenvalue weighted by molar-refractivity contribution is -0.137. The van der Waals surface area contributed by atoms with Crippen LogP contribution in [-0.2, 0) is 22.6 Å². The van der Waals surface area contributed by atoms with Gasteiger partial charge in [0.2, 0.25) is 0 Å². The topological polar surface area (TPSA) is 109 Å². The molecule has 2 aromatic carbocycles. The number of aromatic nitrogens is 3. The molecule has 0 saturated heterocycles. The normalized spacial score (nSPS) is 12.6. The van der Waals surface area contributed by atoms with Crippen LogP contribution in [0.15, 0.2) is 48.7 Å². The molecular formula is C34H39N3O5S. The van der Waals surface area contributed by atoms with E-state index in [0.29, 0.717) is 24.7 Å². The van der Waals surface area contributed by atoms with E-state index in [0.717, 1.165) is 57.0 Å². The Labute approximate surface area is 256 Å². The van der Waals surface area contributed by atoms with Gasteiger partial charge in [-0.25, -0.2) is 9.50 Å². The van der Waals surface area contributed by atoms with Gasteiger partial charge in [-0.05, 0) is 73.4 Å². The Kier molecular flexibility index (Phi) is 10.7. The van der Waals surface area contributed by atoms with Gasteiger partial charge in [0.15, 0.2) is 11.5 Å². The molecule has 0 aliphatic carbocycles. The standard InChI is InChI=1S/C34H39N3O5S/c1-7-9-27(19-31(38)39)26-10-12-28(13-11-26)42-21-25-18-30(34-35-33(22(2)3)36-37(34)20-25)32-23(4)16-29(17-24(32)5)41-14-8-15-43(6)40/h10-13,16-18,20,22,27H,8,14-15,19,21H2,1-6H3,(H,38,39)/t27-,43?/m0/s1. The summed E-state index contributed by atoms with van der Waals surface area (Å²) in [5, 5.41) is 14.0. The molecule has 2 heterocycles. The van der Waals surface area contributed by atoms with Gasteiger partial charge in [-0.2, -0.15) is 5.10 Å². The van der Waals surface area contributed by atoms with Crippen molar-refractivity contribution < 1.29 is 23.9 Å². The molecule has 43 heavy (non-hydrogen) atoms. The highest BCUT2D eigenvalue weighted by Crippen LogP contribution is 2.35. The maximum Gasteiger partial charge on any atom is 0.304 e. The predicted molar refractivity (Wildman–Crippen MR) is 170 cm³/mol. The van der Waals surface area contributed by atoms with Crippen LogP contribution in [0.4, 0.5) is 0 Å². The van der Waals surface area contributed by atoms with Gasteiger partial charge in [0.05, 0.1) is 25.2 Å². The zero-order valence-corrected chi connectivity index (χ0v) is 26.5. The number of carboxylic acid groups (broad SMARTS) is 1. The average molecular weight is 602 g/mol. The fourth-order valence-electron chi connectivity index (χ4n) is 5.01. The van der Waals surface area contributed by atoms with E-state index in [-0.39, 0.29) is 18.3 Å². The van der Waals surface area contributed by atoms with Crippen molar-refractivity contribution in [2.24, 2.45) is 0 Å². The first-order chi connectivity index (χ1) is 20.5. The Morgan fingerprint density at radius 2 is 1.79 bits per heavy atom. The molecule has 2 aromatic heterocycles. The molecule has 2 atom stereocenters. The van der Waals surface area contributed by atoms with E-state index in [1.54, 1.807) is 13.2 Å². The molecule has 0 bridgehead atoms. The highest BCUT2D eigenvalue weighted by molar-refractivity contribution is 7.90. The minimum absolute atomic E-state index is 0.0486. The van der Waals surface area contributed by atoms with Crippen LogP contribution < -0.4 is 9.47 Å². The Bertz CT molecular complexity index is 1610. The molecule has 0 amide bonds. The summed E-state index contributed by atoms with van der Waals surface area (Å²) in [5.41, 5.74) is 6.71. The van der Waals surface area contributed by atoms with Crippen LogP contribution in [0.2, 0.25) is 0 Å². The summed E-state index contributed by atoms with van der Waals surface area (Å²) >= 11 is -0.828. The number of nitrogens with zero attached hydrogens (tertiary/aromatic N) is 3. The van der Waals surface area contributed by atoms with Crippen molar-refractivity contribution in [1.29, 1.82) is 0 Å². The second-order valence-electron chi connectivity index (χ2n) is 11.0. The van der Waals surface area contributed by atoms with E-state index in [2.05, 4.69) is 45.6 Å². The van der Waals surface area contributed by atoms with Crippen molar-refractivity contribution in [3.63, 3.8) is 0 Å². The van der Waals surface area contributed by atoms with Gasteiger partial charge in [-0.3, -0.25) is 4.79 Å². The van der Waals surface area contributed by atoms with Crippen molar-refractivity contribution >= 4 is 22.8 Å². The third-order valence-corrected chi connectivity index (χ3v) is 7.89. The summed E-state index contributed by atoms with van der Waals surface area (Å²) < 4.78 is 25.3. The predicted octanol–water partition coefficient (Wildman–Crippen LogP) is 6.44. The van der Waals surface area contributed by atoms with Gasteiger partial charge in [0, 0.05) is 29.7 Å². The molecule has 9 heteroatoms. The maximum absolute atomic E-state index is 11.4. The first-order valence-corrected chi connectivity index (χ1v) is 16.1. The molecule has 0 saturated carbocycles. The van der Waals surface area contributed by atoms with Gasteiger partial charge >= 0.3 is 5.97 Å². The van der Waals surface area contributed by atoms with Crippen molar-refractivity contribution in [1.82, 2.24) is 14.6 Å². The summed E-state index contributed by atoms with van der Waals surface area (Å²) in [6, 6.07) is 13.6. The molecule has 8 nitrogen and oxygen atoms in total. The average Bonchev–Trinajstić information content (AvgIpc) is 3.39. The number of hydrogen-bond donors (Lipinski definition) is 1. The summed E-state index contributed by atoms with van der Waals surface area (Å²) in [6.45, 7) is 10.8. The smallest absolute Gasteiger partial charge is 0.304 e. The van der Waals surface area contributed by atoms with E-state index >= 15 is 0 Å². The molecule has 0 aliphatic heterocycles. The summed E-state index contributed by atoms with van der Waals surface area (Å²) in [5.74, 6) is 7.58. The minimum Gasteiger partial charge on any atom is -0.617 e. The van der Waals surface area contributed by atoms with Crippen LogP contribution in [0, 0.1) is 25.7 Å². The summed E-state index contributed by atoms with van der Waals surface area (Å²) in [6.07, 6.45) is 4.34. The third-order valence-electron chi connectivity index (χ3n) is 7.03. The van der Waals surface area contributed by atoms with Crippen LogP contribution in [-0.4, -0.2) is 48.8 Å². The molecule has 0 fully saturated rings. The summed E-state index contributed by atoms with van der Waals surface area (Å²) in [4.78, 5) is 16.1. The molecular weight excluding hydrogens is 562 g/mol. The van der Waals surface area contributed by atoms with Crippen LogP contribution in [0.3, 0.4) is 0 Å². The quantitative estimate of drug-likeness (QED) is 0.107. The number of hydrogen-bond acceptors (Lipinski definition) is 6. The summed E-state index contributed by atoms with van der Waals surface area (Å²) in [7, 11) is 0. The lowest BCUT2D eigenvalue weighted by Crippen LogP contribution is -2.08. The molecule has 226 valence electrons. The van der Waals surface area contributed by atoms with E-state index in [1.165, 1.54) is 0 Å². The highest BCUT2D eigenvalue weighted by atomic mass is 32.2. The number of rotatable bonds is 13. The molecule has 4 rings (SSSR count). The number of fused-ring (bicyclic) bond motifs is 1. The first-order valence-electron chi connectivity index (χ1n) is 14.4. The van der Waals surface area contributed by atoms with Crippen LogP contribution in [0.25, 0.3) is 16.8 Å². The van der Waals surface area contributed by atoms with Crippen LogP contribution >= 0.6 is 0 Å². The zero-order chi connectivity index (χ0) is 31.1. The fourth-order valence-corrected chi connectivity index (χ4v) is 5.54. The van der Waals surface area contributed by atoms with Crippen LogP contribution in [0.5, 0.6) is 11.5 Å². The van der Waals surface area contributed by atoms with Crippen molar-refractivity contribution in [2.45, 2.75) is 65.9 Å². The molecule has 0 aliphatic rings. The monoisotopic (exact) mass is 601 g/mol. The highest BCUT2D eigenvalue weighted by Gasteiger charge is 2.18. The minimum atomic E-state index is -0.883. The number of carbonyl (C=O) groups is 1. The van der Waals surface area contributed by atoms with E-state index in [9.17, 15) is 14.5 Å². The first kappa shape index (κ1) is 31.9. The second-order valence-corrected chi connectivity index (χ2v) is 12.5. The van der Waals surface area contributed by atoms with Gasteiger partial charge < -0.3 is 19.1 Å². The lowest BCUT2D eigenvalue weighted by atomic mass is 9.95. The Balaban J connectivity index is 1.62. The van der Waals surface area contributed by atoms with Gasteiger partial charge in [0.1, 0.15) is 23.9 Å². The maximum atomic E-state index is 11.4. The SMILES string of the molecule is CC#C[C@@H](CC(=O)O)c1ccc(OCc2cc(-c3c(C)cc(OCCC[S+](C)[O-])cc3C)c3nc(C(C)C)nn3c2)cc1. The Morgan fingerprint density at radius 1 is 1.09 bits per heavy atom. The number of carboxylic acids is 1. The van der Waals surface area contributed by atoms with Crippen molar-refractivity contribution in [3.05, 3.63) is 76.7 Å². The number of pyridine rings is 1. The second kappa shape index (κ2) is 14.5. The number of aryl methyl sites for hydroxylation is 2. The lowest BCUT2D eigenvalue weighted by Gasteiger charge is -2.16. The van der Waals surface area contributed by atoms with Gasteiger partial charge in [-0.1, -0.05) is 43.1 Å². The number of aliphatic carboxylic acids is 1. The molecule has 1 N–H and O–H groups in total. The molecule has 1 unspecified atom stereocenters. The number of benzene rings is 2. The Morgan fingerprint density at radius 3 is 2.40 bits per heavy atom.